The standard InChI is InChI=1S/C13H11O.3C4H9.Sn/c14-9-3-4-11-7-8-12-5-1-2-6-13(12)10-11;3*1-3-4-2;/h1-3,5-8,10,14H,9H2;3*1,3-4H2,2H3;. The quantitative estimate of drug-likeness (QED) is 0.315. The number of aliphatic hydroxyl groups is 1. The molecule has 0 bridgehead atoms. The van der Waals surface area contributed by atoms with E-state index in [0.717, 1.165) is 0 Å². The first-order chi connectivity index (χ1) is 13.2. The van der Waals surface area contributed by atoms with Crippen LogP contribution in [-0.2, 0) is 0 Å². The molecular weight excluding hydrogens is 435 g/mol. The van der Waals surface area contributed by atoms with Crippen LogP contribution in [0.25, 0.3) is 14.4 Å². The van der Waals surface area contributed by atoms with E-state index in [1.54, 1.807) is 3.59 Å². The molecule has 0 aliphatic carbocycles. The fraction of sp³-hybridized carbons (Fsp3) is 0.520. The normalized spacial score (nSPS) is 12.7. The first kappa shape index (κ1) is 22.5. The number of hydrogen-bond acceptors (Lipinski definition) is 1. The van der Waals surface area contributed by atoms with E-state index in [0.29, 0.717) is 0 Å². The third-order valence-corrected chi connectivity index (χ3v) is 21.8. The van der Waals surface area contributed by atoms with Gasteiger partial charge in [0.15, 0.2) is 0 Å². The maximum atomic E-state index is 9.91. The molecule has 0 spiro atoms. The molecule has 0 fully saturated rings. The molecule has 0 unspecified atom stereocenters. The zero-order chi connectivity index (χ0) is 19.5. The van der Waals surface area contributed by atoms with Gasteiger partial charge >= 0.3 is 171 Å². The number of unbranched alkanes of at least 4 members (excludes halogenated alkanes) is 3. The first-order valence-corrected chi connectivity index (χ1v) is 18.5. The second kappa shape index (κ2) is 11.9. The van der Waals surface area contributed by atoms with Crippen LogP contribution in [-0.4, -0.2) is 30.1 Å². The SMILES string of the molecule is CCC[CH2][Sn]([CH2]CCC)([CH2]CCC)/[C](=C/CO)c1ccc2ccccc2c1. The number of aliphatic hydroxyl groups excluding tert-OH is 1. The molecular formula is C25H38OSn. The predicted molar refractivity (Wildman–Crippen MR) is 124 cm³/mol. The topological polar surface area (TPSA) is 20.2 Å². The molecule has 2 heteroatoms. The third kappa shape index (κ3) is 6.09. The summed E-state index contributed by atoms with van der Waals surface area (Å²) in [5.41, 5.74) is 1.39. The summed E-state index contributed by atoms with van der Waals surface area (Å²) in [7, 11) is 0. The Morgan fingerprint density at radius 1 is 0.815 bits per heavy atom. The van der Waals surface area contributed by atoms with E-state index in [1.807, 2.05) is 0 Å². The zero-order valence-electron chi connectivity index (χ0n) is 17.6. The summed E-state index contributed by atoms with van der Waals surface area (Å²) >= 11 is -2.57. The van der Waals surface area contributed by atoms with Crippen LogP contribution in [0.3, 0.4) is 0 Å². The minimum atomic E-state index is -2.57. The Labute approximate surface area is 170 Å². The molecule has 27 heavy (non-hydrogen) atoms. The van der Waals surface area contributed by atoms with E-state index < -0.39 is 18.4 Å². The average Bonchev–Trinajstić information content (AvgIpc) is 2.71. The molecule has 0 radical (unpaired) electrons. The summed E-state index contributed by atoms with van der Waals surface area (Å²) < 4.78 is 5.89. The molecule has 0 amide bonds. The van der Waals surface area contributed by atoms with Crippen molar-refractivity contribution in [1.29, 1.82) is 0 Å². The summed E-state index contributed by atoms with van der Waals surface area (Å²) in [5, 5.41) is 12.5. The molecule has 2 aromatic rings. The summed E-state index contributed by atoms with van der Waals surface area (Å²) in [5.74, 6) is 0. The van der Waals surface area contributed by atoms with Crippen molar-refractivity contribution < 1.29 is 5.11 Å². The molecule has 0 atom stereocenters. The van der Waals surface area contributed by atoms with Crippen LogP contribution in [0.15, 0.2) is 48.5 Å². The molecule has 1 nitrogen and oxygen atoms in total. The second-order valence-electron chi connectivity index (χ2n) is 7.95. The van der Waals surface area contributed by atoms with Crippen LogP contribution in [0.5, 0.6) is 0 Å². The van der Waals surface area contributed by atoms with E-state index in [-0.39, 0.29) is 6.61 Å². The first-order valence-electron chi connectivity index (χ1n) is 11.0. The Balaban J connectivity index is 2.53. The molecule has 0 aliphatic heterocycles. The number of fused-ring (bicyclic) bond motifs is 1. The number of hydrogen-bond donors (Lipinski definition) is 1. The van der Waals surface area contributed by atoms with Crippen molar-refractivity contribution in [2.75, 3.05) is 6.61 Å². The Kier molecular flexibility index (Phi) is 9.92. The van der Waals surface area contributed by atoms with E-state index in [9.17, 15) is 5.11 Å². The van der Waals surface area contributed by atoms with E-state index in [2.05, 4.69) is 69.3 Å². The molecule has 0 aromatic heterocycles. The van der Waals surface area contributed by atoms with Crippen molar-refractivity contribution in [2.24, 2.45) is 0 Å². The third-order valence-electron chi connectivity index (χ3n) is 5.95. The van der Waals surface area contributed by atoms with Crippen molar-refractivity contribution in [3.8, 4) is 0 Å². The summed E-state index contributed by atoms with van der Waals surface area (Å²) in [6, 6.07) is 15.6. The van der Waals surface area contributed by atoms with E-state index in [4.69, 9.17) is 0 Å². The van der Waals surface area contributed by atoms with Gasteiger partial charge in [0.2, 0.25) is 0 Å². The molecule has 0 saturated heterocycles. The van der Waals surface area contributed by atoms with Gasteiger partial charge in [0, 0.05) is 0 Å². The minimum absolute atomic E-state index is 0.172. The van der Waals surface area contributed by atoms with Crippen molar-refractivity contribution in [2.45, 2.75) is 72.6 Å². The van der Waals surface area contributed by atoms with Gasteiger partial charge in [-0.3, -0.25) is 0 Å². The molecule has 2 aromatic carbocycles. The molecule has 0 heterocycles. The molecule has 0 saturated carbocycles. The van der Waals surface area contributed by atoms with Gasteiger partial charge in [-0.05, 0) is 0 Å². The number of rotatable bonds is 12. The summed E-state index contributed by atoms with van der Waals surface area (Å²) in [6.07, 6.45) is 10.1. The van der Waals surface area contributed by atoms with Gasteiger partial charge in [-0.2, -0.15) is 0 Å². The van der Waals surface area contributed by atoms with Crippen LogP contribution in [0.1, 0.15) is 64.9 Å². The van der Waals surface area contributed by atoms with Crippen LogP contribution in [0.2, 0.25) is 13.3 Å². The Morgan fingerprint density at radius 3 is 1.89 bits per heavy atom. The van der Waals surface area contributed by atoms with Crippen LogP contribution >= 0.6 is 0 Å². The van der Waals surface area contributed by atoms with Crippen LogP contribution in [0, 0.1) is 0 Å². The van der Waals surface area contributed by atoms with Gasteiger partial charge in [0.1, 0.15) is 0 Å². The molecule has 0 aliphatic rings. The van der Waals surface area contributed by atoms with Gasteiger partial charge in [0.05, 0.1) is 0 Å². The summed E-state index contributed by atoms with van der Waals surface area (Å²) in [4.78, 5) is 0. The average molecular weight is 473 g/mol. The Hall–Kier alpha value is -0.801. The van der Waals surface area contributed by atoms with E-state index in [1.165, 1.54) is 68.2 Å². The van der Waals surface area contributed by atoms with Crippen molar-refractivity contribution in [3.05, 3.63) is 54.1 Å². The van der Waals surface area contributed by atoms with Gasteiger partial charge in [0.25, 0.3) is 0 Å². The summed E-state index contributed by atoms with van der Waals surface area (Å²) in [6.45, 7) is 7.14. The van der Waals surface area contributed by atoms with Gasteiger partial charge < -0.3 is 0 Å². The van der Waals surface area contributed by atoms with Gasteiger partial charge in [-0.25, -0.2) is 0 Å². The fourth-order valence-electron chi connectivity index (χ4n) is 4.41. The predicted octanol–water partition coefficient (Wildman–Crippen LogP) is 7.60. The monoisotopic (exact) mass is 474 g/mol. The van der Waals surface area contributed by atoms with Crippen molar-refractivity contribution in [1.82, 2.24) is 0 Å². The van der Waals surface area contributed by atoms with Crippen LogP contribution in [0.4, 0.5) is 0 Å². The molecule has 148 valence electrons. The van der Waals surface area contributed by atoms with Gasteiger partial charge in [-0.15, -0.1) is 0 Å². The van der Waals surface area contributed by atoms with Crippen LogP contribution < -0.4 is 0 Å². The zero-order valence-corrected chi connectivity index (χ0v) is 20.5. The van der Waals surface area contributed by atoms with Gasteiger partial charge in [-0.1, -0.05) is 0 Å². The van der Waals surface area contributed by atoms with Crippen molar-refractivity contribution in [3.63, 3.8) is 0 Å². The molecule has 1 N–H and O–H groups in total. The molecule has 2 rings (SSSR count). The second-order valence-corrected chi connectivity index (χ2v) is 21.1. The van der Waals surface area contributed by atoms with E-state index >= 15 is 0 Å². The van der Waals surface area contributed by atoms with Crippen molar-refractivity contribution >= 4 is 32.7 Å². The fourth-order valence-corrected chi connectivity index (χ4v) is 21.4. The Morgan fingerprint density at radius 2 is 1.37 bits per heavy atom. The maximum absolute atomic E-state index is 9.91. The Bertz CT molecular complexity index is 697. The number of benzene rings is 2.